The van der Waals surface area contributed by atoms with Gasteiger partial charge in [-0.25, -0.2) is 4.98 Å². The van der Waals surface area contributed by atoms with Crippen LogP contribution in [-0.4, -0.2) is 36.1 Å². The number of aryl methyl sites for hydroxylation is 2. The molecule has 1 unspecified atom stereocenters. The molecule has 0 saturated heterocycles. The quantitative estimate of drug-likeness (QED) is 0.750. The lowest BCUT2D eigenvalue weighted by Gasteiger charge is -2.33. The van der Waals surface area contributed by atoms with Crippen molar-refractivity contribution in [1.29, 1.82) is 0 Å². The molecule has 1 atom stereocenters. The van der Waals surface area contributed by atoms with Crippen LogP contribution in [-0.2, 0) is 14.3 Å². The number of esters is 1. The number of benzene rings is 1. The number of fused-ring (bicyclic) bond motifs is 1. The van der Waals surface area contributed by atoms with Crippen LogP contribution < -0.4 is 9.64 Å². The number of aromatic nitrogens is 1. The van der Waals surface area contributed by atoms with E-state index in [1.807, 2.05) is 32.0 Å². The zero-order chi connectivity index (χ0) is 18.8. The van der Waals surface area contributed by atoms with E-state index in [1.54, 1.807) is 30.1 Å². The normalized spacial score (nSPS) is 16.2. The number of hydrogen-bond donors (Lipinski definition) is 0. The van der Waals surface area contributed by atoms with Crippen molar-refractivity contribution >= 4 is 28.9 Å². The van der Waals surface area contributed by atoms with Crippen molar-refractivity contribution < 1.29 is 19.1 Å². The average molecular weight is 374 g/mol. The van der Waals surface area contributed by atoms with Crippen LogP contribution in [0.15, 0.2) is 18.2 Å². The van der Waals surface area contributed by atoms with Gasteiger partial charge in [0.15, 0.2) is 6.10 Å². The average Bonchev–Trinajstić information content (AvgIpc) is 2.93. The summed E-state index contributed by atoms with van der Waals surface area (Å²) in [5.41, 5.74) is 2.50. The van der Waals surface area contributed by atoms with Crippen molar-refractivity contribution in [3.05, 3.63) is 28.1 Å². The number of hydrogen-bond acceptors (Lipinski definition) is 6. The number of carbonyl (C=O) groups is 2. The standard InChI is InChI=1S/C19H22N2O4S/c1-5-24-17(22)8-9-21-15-10-14(18-12(3)26-13(4)20-18)6-7-16(15)25-11(2)19(21)23/h6-7,10-11H,5,8-9H2,1-4H3. The molecule has 26 heavy (non-hydrogen) atoms. The van der Waals surface area contributed by atoms with Gasteiger partial charge in [0, 0.05) is 17.0 Å². The topological polar surface area (TPSA) is 68.7 Å². The molecule has 2 heterocycles. The van der Waals surface area contributed by atoms with Crippen molar-refractivity contribution in [1.82, 2.24) is 4.98 Å². The van der Waals surface area contributed by atoms with Crippen LogP contribution in [0.4, 0.5) is 5.69 Å². The van der Waals surface area contributed by atoms with Gasteiger partial charge in [-0.15, -0.1) is 11.3 Å². The highest BCUT2D eigenvalue weighted by Crippen LogP contribution is 2.38. The fourth-order valence-electron chi connectivity index (χ4n) is 3.02. The summed E-state index contributed by atoms with van der Waals surface area (Å²) in [4.78, 5) is 31.7. The Morgan fingerprint density at radius 1 is 1.38 bits per heavy atom. The van der Waals surface area contributed by atoms with E-state index in [9.17, 15) is 9.59 Å². The van der Waals surface area contributed by atoms with E-state index in [0.29, 0.717) is 18.0 Å². The van der Waals surface area contributed by atoms with Gasteiger partial charge >= 0.3 is 5.97 Å². The summed E-state index contributed by atoms with van der Waals surface area (Å²) in [6, 6.07) is 5.72. The van der Waals surface area contributed by atoms with Crippen LogP contribution >= 0.6 is 11.3 Å². The molecule has 1 aliphatic heterocycles. The van der Waals surface area contributed by atoms with Crippen molar-refractivity contribution in [3.63, 3.8) is 0 Å². The van der Waals surface area contributed by atoms with Crippen LogP contribution in [0.2, 0.25) is 0 Å². The molecule has 6 nitrogen and oxygen atoms in total. The van der Waals surface area contributed by atoms with Crippen molar-refractivity contribution in [2.45, 2.75) is 40.2 Å². The molecule has 1 aromatic heterocycles. The van der Waals surface area contributed by atoms with E-state index in [1.165, 1.54) is 0 Å². The summed E-state index contributed by atoms with van der Waals surface area (Å²) >= 11 is 1.64. The van der Waals surface area contributed by atoms with E-state index in [2.05, 4.69) is 4.98 Å². The van der Waals surface area contributed by atoms with Gasteiger partial charge in [-0.05, 0) is 45.9 Å². The highest BCUT2D eigenvalue weighted by molar-refractivity contribution is 7.11. The highest BCUT2D eigenvalue weighted by Gasteiger charge is 2.32. The zero-order valence-corrected chi connectivity index (χ0v) is 16.2. The Hall–Kier alpha value is -2.41. The number of amides is 1. The van der Waals surface area contributed by atoms with Gasteiger partial charge in [-0.1, -0.05) is 0 Å². The maximum atomic E-state index is 12.6. The molecule has 7 heteroatoms. The second-order valence-corrected chi connectivity index (χ2v) is 7.53. The molecule has 138 valence electrons. The van der Waals surface area contributed by atoms with E-state index >= 15 is 0 Å². The van der Waals surface area contributed by atoms with Gasteiger partial charge in [0.1, 0.15) is 5.75 Å². The van der Waals surface area contributed by atoms with E-state index in [4.69, 9.17) is 9.47 Å². The summed E-state index contributed by atoms with van der Waals surface area (Å²) in [5, 5.41) is 0.996. The molecule has 0 bridgehead atoms. The fourth-order valence-corrected chi connectivity index (χ4v) is 3.86. The highest BCUT2D eigenvalue weighted by atomic mass is 32.1. The first kappa shape index (κ1) is 18.4. The number of thiazole rings is 1. The molecule has 1 amide bonds. The molecule has 1 aliphatic rings. The molecule has 1 aromatic carbocycles. The Balaban J connectivity index is 1.94. The van der Waals surface area contributed by atoms with Gasteiger partial charge in [0.05, 0.1) is 29.4 Å². The van der Waals surface area contributed by atoms with Gasteiger partial charge in [-0.3, -0.25) is 9.59 Å². The lowest BCUT2D eigenvalue weighted by Crippen LogP contribution is -2.45. The van der Waals surface area contributed by atoms with E-state index in [-0.39, 0.29) is 24.8 Å². The van der Waals surface area contributed by atoms with Gasteiger partial charge in [-0.2, -0.15) is 0 Å². The summed E-state index contributed by atoms with van der Waals surface area (Å²) in [6.45, 7) is 8.07. The SMILES string of the molecule is CCOC(=O)CCN1C(=O)C(C)Oc2ccc(-c3nc(C)sc3C)cc21. The first-order valence-corrected chi connectivity index (χ1v) is 9.44. The molecule has 0 N–H and O–H groups in total. The van der Waals surface area contributed by atoms with Crippen molar-refractivity contribution in [2.24, 2.45) is 0 Å². The first-order valence-electron chi connectivity index (χ1n) is 8.62. The number of nitrogens with zero attached hydrogens (tertiary/aromatic N) is 2. The Bertz CT molecular complexity index is 846. The van der Waals surface area contributed by atoms with Gasteiger partial charge in [0.25, 0.3) is 5.91 Å². The summed E-state index contributed by atoms with van der Waals surface area (Å²) in [5.74, 6) is 0.155. The third-order valence-corrected chi connectivity index (χ3v) is 5.08. The van der Waals surface area contributed by atoms with Crippen LogP contribution in [0, 0.1) is 13.8 Å². The van der Waals surface area contributed by atoms with Gasteiger partial charge < -0.3 is 14.4 Å². The molecule has 0 spiro atoms. The molecule has 3 rings (SSSR count). The van der Waals surface area contributed by atoms with Crippen LogP contribution in [0.5, 0.6) is 5.75 Å². The minimum atomic E-state index is -0.584. The number of carbonyl (C=O) groups excluding carboxylic acids is 2. The predicted octanol–water partition coefficient (Wildman–Crippen LogP) is 3.49. The maximum Gasteiger partial charge on any atom is 0.307 e. The molecule has 0 aliphatic carbocycles. The Labute approximate surface area is 156 Å². The zero-order valence-electron chi connectivity index (χ0n) is 15.4. The lowest BCUT2D eigenvalue weighted by atomic mass is 10.1. The third kappa shape index (κ3) is 3.58. The second kappa shape index (κ2) is 7.45. The summed E-state index contributed by atoms with van der Waals surface area (Å²) in [7, 11) is 0. The van der Waals surface area contributed by atoms with Crippen molar-refractivity contribution in [3.8, 4) is 17.0 Å². The summed E-state index contributed by atoms with van der Waals surface area (Å²) in [6.07, 6.45) is -0.441. The Morgan fingerprint density at radius 2 is 2.15 bits per heavy atom. The number of ether oxygens (including phenoxy) is 2. The minimum Gasteiger partial charge on any atom is -0.479 e. The van der Waals surface area contributed by atoms with Crippen LogP contribution in [0.3, 0.4) is 0 Å². The molecular formula is C19H22N2O4S. The maximum absolute atomic E-state index is 12.6. The van der Waals surface area contributed by atoms with E-state index < -0.39 is 6.10 Å². The predicted molar refractivity (Wildman–Crippen MR) is 101 cm³/mol. The Kier molecular flexibility index (Phi) is 5.27. The number of rotatable bonds is 5. The van der Waals surface area contributed by atoms with Crippen LogP contribution in [0.1, 0.15) is 30.2 Å². The molecule has 0 radical (unpaired) electrons. The van der Waals surface area contributed by atoms with E-state index in [0.717, 1.165) is 21.1 Å². The first-order chi connectivity index (χ1) is 12.4. The Morgan fingerprint density at radius 3 is 2.81 bits per heavy atom. The third-order valence-electron chi connectivity index (χ3n) is 4.19. The number of anilines is 1. The minimum absolute atomic E-state index is 0.144. The molecule has 2 aromatic rings. The fraction of sp³-hybridized carbons (Fsp3) is 0.421. The van der Waals surface area contributed by atoms with Crippen LogP contribution in [0.25, 0.3) is 11.3 Å². The molecular weight excluding hydrogens is 352 g/mol. The molecule has 0 saturated carbocycles. The second-order valence-electron chi connectivity index (χ2n) is 6.13. The summed E-state index contributed by atoms with van der Waals surface area (Å²) < 4.78 is 10.7. The lowest BCUT2D eigenvalue weighted by molar-refractivity contribution is -0.142. The van der Waals surface area contributed by atoms with Crippen molar-refractivity contribution in [2.75, 3.05) is 18.1 Å². The smallest absolute Gasteiger partial charge is 0.307 e. The largest absolute Gasteiger partial charge is 0.479 e. The van der Waals surface area contributed by atoms with Gasteiger partial charge in [0.2, 0.25) is 0 Å². The molecule has 0 fully saturated rings. The monoisotopic (exact) mass is 374 g/mol.